The first-order valence-electron chi connectivity index (χ1n) is 12.2. The summed E-state index contributed by atoms with van der Waals surface area (Å²) in [6.45, 7) is 22.5. The Labute approximate surface area is 207 Å². The molecule has 33 heavy (non-hydrogen) atoms. The number of nitrogens with zero attached hydrogens (tertiary/aromatic N) is 1. The second kappa shape index (κ2) is 19.0. The van der Waals surface area contributed by atoms with Crippen molar-refractivity contribution in [2.24, 2.45) is 5.92 Å². The molecule has 1 aliphatic rings. The van der Waals surface area contributed by atoms with Gasteiger partial charge in [-0.15, -0.1) is 0 Å². The van der Waals surface area contributed by atoms with Gasteiger partial charge in [0.05, 0.1) is 10.5 Å². The fourth-order valence-electron chi connectivity index (χ4n) is 2.00. The van der Waals surface area contributed by atoms with E-state index in [1.165, 1.54) is 0 Å². The largest absolute Gasteiger partial charge is 0.318 e. The lowest BCUT2D eigenvalue weighted by Crippen LogP contribution is -2.41. The molecule has 0 bridgehead atoms. The van der Waals surface area contributed by atoms with Crippen LogP contribution in [0.2, 0.25) is 0 Å². The fraction of sp³-hybridized carbons (Fsp3) is 1.00. The maximum atomic E-state index is 11.7. The molecule has 0 unspecified atom stereocenters. The van der Waals surface area contributed by atoms with Crippen LogP contribution in [0.5, 0.6) is 0 Å². The van der Waals surface area contributed by atoms with E-state index in [4.69, 9.17) is 0 Å². The lowest BCUT2D eigenvalue weighted by atomic mass is 10.0. The van der Waals surface area contributed by atoms with E-state index >= 15 is 0 Å². The molecule has 1 rings (SSSR count). The van der Waals surface area contributed by atoms with Crippen molar-refractivity contribution in [3.05, 3.63) is 0 Å². The molecule has 1 aliphatic heterocycles. The van der Waals surface area contributed by atoms with Crippen LogP contribution in [-0.2, 0) is 20.0 Å². The zero-order valence-corrected chi connectivity index (χ0v) is 25.3. The molecule has 0 aliphatic carbocycles. The summed E-state index contributed by atoms with van der Waals surface area (Å²) in [4.78, 5) is 0. The minimum Gasteiger partial charge on any atom is -0.318 e. The monoisotopic (exact) mass is 516 g/mol. The van der Waals surface area contributed by atoms with Gasteiger partial charge in [-0.3, -0.25) is 0 Å². The fourth-order valence-corrected chi connectivity index (χ4v) is 4.25. The van der Waals surface area contributed by atoms with E-state index < -0.39 is 20.0 Å². The smallest absolute Gasteiger partial charge is 0.216 e. The molecule has 0 amide bonds. The minimum absolute atomic E-state index is 0.00704. The highest BCUT2D eigenvalue weighted by molar-refractivity contribution is 7.90. The summed E-state index contributed by atoms with van der Waals surface area (Å²) in [6, 6.07) is 1.26. The number of sulfonamides is 2. The van der Waals surface area contributed by atoms with E-state index in [0.717, 1.165) is 12.8 Å². The van der Waals surface area contributed by atoms with Gasteiger partial charge in [0.25, 0.3) is 0 Å². The molecular formula is C23H56N4O4S2. The van der Waals surface area contributed by atoms with Crippen molar-refractivity contribution in [1.29, 1.82) is 0 Å². The molecule has 0 atom stereocenters. The van der Waals surface area contributed by atoms with Gasteiger partial charge < -0.3 is 10.6 Å². The summed E-state index contributed by atoms with van der Waals surface area (Å²) in [5.74, 6) is 0.679. The summed E-state index contributed by atoms with van der Waals surface area (Å²) < 4.78 is 49.6. The van der Waals surface area contributed by atoms with Crippen LogP contribution in [0, 0.1) is 5.92 Å². The van der Waals surface area contributed by atoms with Crippen LogP contribution >= 0.6 is 0 Å². The molecule has 1 heterocycles. The lowest BCUT2D eigenvalue weighted by molar-refractivity contribution is 0.286. The van der Waals surface area contributed by atoms with Gasteiger partial charge in [0.2, 0.25) is 20.0 Å². The van der Waals surface area contributed by atoms with E-state index in [2.05, 4.69) is 50.0 Å². The molecule has 0 saturated carbocycles. The molecule has 204 valence electrons. The molecule has 0 spiro atoms. The molecule has 8 nitrogen and oxygen atoms in total. The number of nitrogens with one attached hydrogen (secondary N) is 3. The van der Waals surface area contributed by atoms with E-state index in [1.54, 1.807) is 45.8 Å². The molecule has 0 aromatic rings. The highest BCUT2D eigenvalue weighted by Crippen LogP contribution is 2.20. The Bertz CT molecular complexity index is 646. The quantitative estimate of drug-likeness (QED) is 0.479. The van der Waals surface area contributed by atoms with Crippen molar-refractivity contribution in [3.8, 4) is 0 Å². The SMILES string of the molecule is CC(C)NS(=O)(=O)C(C)C.CC1CCN(S(=O)(=O)C(C)C)CC1.CNC(C)C.CNC(C)C. The summed E-state index contributed by atoms with van der Waals surface area (Å²) in [5, 5.41) is 5.44. The highest BCUT2D eigenvalue weighted by atomic mass is 32.2. The molecule has 0 aromatic carbocycles. The summed E-state index contributed by atoms with van der Waals surface area (Å²) >= 11 is 0. The van der Waals surface area contributed by atoms with Crippen LogP contribution in [0.1, 0.15) is 89.0 Å². The van der Waals surface area contributed by atoms with Gasteiger partial charge in [-0.25, -0.2) is 25.9 Å². The molecular weight excluding hydrogens is 460 g/mol. The predicted octanol–water partition coefficient (Wildman–Crippen LogP) is 3.41. The van der Waals surface area contributed by atoms with Gasteiger partial charge in [-0.2, -0.15) is 0 Å². The maximum Gasteiger partial charge on any atom is 0.216 e. The Balaban J connectivity index is -0.000000398. The van der Waals surface area contributed by atoms with Gasteiger partial charge in [-0.05, 0) is 74.4 Å². The second-order valence-corrected chi connectivity index (χ2v) is 14.7. The summed E-state index contributed by atoms with van der Waals surface area (Å²) in [6.07, 6.45) is 2.01. The van der Waals surface area contributed by atoms with Crippen molar-refractivity contribution in [2.75, 3.05) is 27.2 Å². The predicted molar refractivity (Wildman–Crippen MR) is 145 cm³/mol. The van der Waals surface area contributed by atoms with E-state index in [9.17, 15) is 16.8 Å². The van der Waals surface area contributed by atoms with Crippen molar-refractivity contribution in [2.45, 2.75) is 118 Å². The minimum atomic E-state index is -3.05. The van der Waals surface area contributed by atoms with Crippen LogP contribution in [0.25, 0.3) is 0 Å². The maximum absolute atomic E-state index is 11.7. The standard InChI is InChI=1S/C9H19NO2S.C6H15NO2S.2C4H11N/c1-8(2)13(11,12)10-6-4-9(3)5-7-10;1-5(2)7-10(8,9)6(3)4;2*1-4(2)5-3/h8-9H,4-7H2,1-3H3;5-7H,1-4H3;2*4-5H,1-3H3. The van der Waals surface area contributed by atoms with Crippen molar-refractivity contribution in [1.82, 2.24) is 19.7 Å². The number of piperidine rings is 1. The van der Waals surface area contributed by atoms with Gasteiger partial charge in [0.15, 0.2) is 0 Å². The van der Waals surface area contributed by atoms with Gasteiger partial charge in [0, 0.05) is 31.2 Å². The van der Waals surface area contributed by atoms with Crippen molar-refractivity contribution < 1.29 is 16.8 Å². The Morgan fingerprint density at radius 3 is 1.18 bits per heavy atom. The van der Waals surface area contributed by atoms with Crippen LogP contribution in [0.4, 0.5) is 0 Å². The molecule has 10 heteroatoms. The van der Waals surface area contributed by atoms with Crippen LogP contribution < -0.4 is 15.4 Å². The molecule has 1 saturated heterocycles. The average molecular weight is 517 g/mol. The number of hydrogen-bond donors (Lipinski definition) is 3. The zero-order valence-electron chi connectivity index (χ0n) is 23.7. The molecule has 0 aromatic heterocycles. The van der Waals surface area contributed by atoms with Crippen molar-refractivity contribution >= 4 is 20.0 Å². The lowest BCUT2D eigenvalue weighted by Gasteiger charge is -2.30. The topological polar surface area (TPSA) is 108 Å². The first-order chi connectivity index (χ1) is 14.8. The van der Waals surface area contributed by atoms with Crippen LogP contribution in [-0.4, -0.2) is 77.0 Å². The average Bonchev–Trinajstić information content (AvgIpc) is 2.68. The molecule has 3 N–H and O–H groups in total. The number of hydrogen-bond acceptors (Lipinski definition) is 6. The molecule has 0 radical (unpaired) electrons. The summed E-state index contributed by atoms with van der Waals surface area (Å²) in [7, 11) is -2.14. The zero-order chi connectivity index (χ0) is 27.0. The first-order valence-corrected chi connectivity index (χ1v) is 15.2. The van der Waals surface area contributed by atoms with Crippen molar-refractivity contribution in [3.63, 3.8) is 0 Å². The Morgan fingerprint density at radius 2 is 1.00 bits per heavy atom. The Morgan fingerprint density at radius 1 is 0.667 bits per heavy atom. The van der Waals surface area contributed by atoms with E-state index in [-0.39, 0.29) is 16.5 Å². The highest BCUT2D eigenvalue weighted by Gasteiger charge is 2.28. The third-order valence-corrected chi connectivity index (χ3v) is 9.19. The molecule has 1 fully saturated rings. The van der Waals surface area contributed by atoms with Gasteiger partial charge in [-0.1, -0.05) is 34.6 Å². The first kappa shape index (κ1) is 37.3. The normalized spacial score (nSPS) is 15.7. The van der Waals surface area contributed by atoms with Gasteiger partial charge >= 0.3 is 0 Å². The van der Waals surface area contributed by atoms with Crippen LogP contribution in [0.3, 0.4) is 0 Å². The Kier molecular flexibility index (Phi) is 21.5. The number of rotatable bonds is 7. The third kappa shape index (κ3) is 20.8. The Hall–Kier alpha value is -0.260. The second-order valence-electron chi connectivity index (χ2n) is 9.93. The summed E-state index contributed by atoms with van der Waals surface area (Å²) in [5.41, 5.74) is 0. The third-order valence-electron chi connectivity index (χ3n) is 4.87. The van der Waals surface area contributed by atoms with E-state index in [0.29, 0.717) is 31.1 Å². The van der Waals surface area contributed by atoms with Crippen LogP contribution in [0.15, 0.2) is 0 Å². The van der Waals surface area contributed by atoms with Gasteiger partial charge in [0.1, 0.15) is 0 Å². The van der Waals surface area contributed by atoms with E-state index in [1.807, 2.05) is 14.1 Å².